The van der Waals surface area contributed by atoms with Gasteiger partial charge in [-0.3, -0.25) is 14.9 Å². The number of nitrogens with zero attached hydrogens (tertiary/aromatic N) is 1. The summed E-state index contributed by atoms with van der Waals surface area (Å²) in [5, 5.41) is 2.20. The number of aryl methyl sites for hydroxylation is 1. The van der Waals surface area contributed by atoms with Gasteiger partial charge in [0.1, 0.15) is 5.57 Å². The molecule has 0 aliphatic carbocycles. The van der Waals surface area contributed by atoms with E-state index in [1.54, 1.807) is 67.6 Å². The molecule has 0 unspecified atom stereocenters. The van der Waals surface area contributed by atoms with Crippen LogP contribution in [0.25, 0.3) is 6.08 Å². The van der Waals surface area contributed by atoms with Crippen LogP contribution in [0.15, 0.2) is 78.4 Å². The first-order chi connectivity index (χ1) is 16.9. The van der Waals surface area contributed by atoms with Gasteiger partial charge < -0.3 is 9.47 Å². The molecule has 0 saturated carbocycles. The lowest BCUT2D eigenvalue weighted by atomic mass is 10.1. The van der Waals surface area contributed by atoms with Gasteiger partial charge >= 0.3 is 12.0 Å². The van der Waals surface area contributed by atoms with Crippen molar-refractivity contribution in [3.8, 4) is 11.5 Å². The lowest BCUT2D eigenvalue weighted by Gasteiger charge is -2.26. The second-order valence-corrected chi connectivity index (χ2v) is 7.69. The van der Waals surface area contributed by atoms with Gasteiger partial charge in [-0.15, -0.1) is 0 Å². The van der Waals surface area contributed by atoms with Crippen LogP contribution in [0, 0.1) is 6.92 Å². The highest BCUT2D eigenvalue weighted by Crippen LogP contribution is 2.31. The van der Waals surface area contributed by atoms with Crippen LogP contribution in [-0.4, -0.2) is 30.4 Å². The quantitative estimate of drug-likeness (QED) is 0.250. The Morgan fingerprint density at radius 2 is 1.71 bits per heavy atom. The second kappa shape index (κ2) is 10.0. The van der Waals surface area contributed by atoms with Crippen molar-refractivity contribution in [1.82, 2.24) is 5.32 Å². The molecule has 4 amide bonds. The van der Waals surface area contributed by atoms with Crippen molar-refractivity contribution in [2.75, 3.05) is 11.5 Å². The summed E-state index contributed by atoms with van der Waals surface area (Å²) in [6.07, 6.45) is 1.36. The van der Waals surface area contributed by atoms with Crippen LogP contribution in [0.4, 0.5) is 10.5 Å². The predicted octanol–water partition coefficient (Wildman–Crippen LogP) is 4.28. The van der Waals surface area contributed by atoms with Crippen LogP contribution < -0.4 is 19.7 Å². The molecule has 3 aromatic rings. The topological polar surface area (TPSA) is 102 Å². The molecule has 35 heavy (non-hydrogen) atoms. The summed E-state index contributed by atoms with van der Waals surface area (Å²) in [6.45, 7) is 3.90. The van der Waals surface area contributed by atoms with Crippen molar-refractivity contribution < 1.29 is 28.7 Å². The zero-order chi connectivity index (χ0) is 24.9. The molecule has 0 aromatic heterocycles. The Hall–Kier alpha value is -4.72. The van der Waals surface area contributed by atoms with Crippen LogP contribution in [0.3, 0.4) is 0 Å². The first-order valence-electron chi connectivity index (χ1n) is 10.9. The molecule has 176 valence electrons. The Morgan fingerprint density at radius 3 is 2.43 bits per heavy atom. The number of barbiturate groups is 1. The van der Waals surface area contributed by atoms with Crippen LogP contribution >= 0.6 is 0 Å². The predicted molar refractivity (Wildman–Crippen MR) is 129 cm³/mol. The molecule has 1 N–H and O–H groups in total. The average molecular weight is 470 g/mol. The maximum Gasteiger partial charge on any atom is 0.343 e. The lowest BCUT2D eigenvalue weighted by molar-refractivity contribution is -0.122. The molecule has 1 aliphatic rings. The number of rotatable bonds is 6. The van der Waals surface area contributed by atoms with Gasteiger partial charge in [-0.05, 0) is 67.4 Å². The normalized spacial score (nSPS) is 14.6. The van der Waals surface area contributed by atoms with E-state index in [4.69, 9.17) is 9.47 Å². The number of esters is 1. The highest BCUT2D eigenvalue weighted by Gasteiger charge is 2.36. The van der Waals surface area contributed by atoms with Crippen molar-refractivity contribution in [1.29, 1.82) is 0 Å². The lowest BCUT2D eigenvalue weighted by Crippen LogP contribution is -2.54. The van der Waals surface area contributed by atoms with Crippen LogP contribution in [0.5, 0.6) is 11.5 Å². The van der Waals surface area contributed by atoms with E-state index in [0.29, 0.717) is 23.4 Å². The van der Waals surface area contributed by atoms with Gasteiger partial charge in [0.25, 0.3) is 11.8 Å². The van der Waals surface area contributed by atoms with Crippen LogP contribution in [0.2, 0.25) is 0 Å². The molecule has 8 nitrogen and oxygen atoms in total. The Labute approximate surface area is 201 Å². The van der Waals surface area contributed by atoms with Crippen molar-refractivity contribution in [2.24, 2.45) is 0 Å². The second-order valence-electron chi connectivity index (χ2n) is 7.69. The van der Waals surface area contributed by atoms with Crippen LogP contribution in [-0.2, 0) is 9.59 Å². The van der Waals surface area contributed by atoms with E-state index in [1.165, 1.54) is 12.1 Å². The standard InChI is InChI=1S/C27H22N2O6/c1-3-34-23-16-18(12-13-22(23)35-26(32)19-9-5-4-6-10-19)15-21-24(30)28-27(33)29(25(21)31)20-11-7-8-17(2)14-20/h4-16H,3H2,1-2H3,(H,28,30,33)/b21-15+. The minimum atomic E-state index is -0.819. The molecular formula is C27H22N2O6. The number of nitrogens with one attached hydrogen (secondary N) is 1. The number of carbonyl (C=O) groups is 4. The summed E-state index contributed by atoms with van der Waals surface area (Å²) >= 11 is 0. The third-order valence-corrected chi connectivity index (χ3v) is 5.15. The number of ether oxygens (including phenoxy) is 2. The molecule has 0 atom stereocenters. The number of urea groups is 1. The summed E-state index contributed by atoms with van der Waals surface area (Å²) in [7, 11) is 0. The maximum absolute atomic E-state index is 13.1. The molecule has 1 saturated heterocycles. The number of anilines is 1. The van der Waals surface area contributed by atoms with Gasteiger partial charge in [-0.25, -0.2) is 14.5 Å². The van der Waals surface area contributed by atoms with Gasteiger partial charge in [-0.2, -0.15) is 0 Å². The molecule has 0 bridgehead atoms. The molecule has 1 aliphatic heterocycles. The van der Waals surface area contributed by atoms with Gasteiger partial charge in [0.2, 0.25) is 0 Å². The number of benzene rings is 3. The molecule has 0 spiro atoms. The van der Waals surface area contributed by atoms with Gasteiger partial charge in [-0.1, -0.05) is 36.4 Å². The summed E-state index contributed by atoms with van der Waals surface area (Å²) < 4.78 is 11.1. The van der Waals surface area contributed by atoms with Crippen molar-refractivity contribution >= 4 is 35.6 Å². The van der Waals surface area contributed by atoms with Crippen molar-refractivity contribution in [3.63, 3.8) is 0 Å². The number of carbonyl (C=O) groups excluding carboxylic acids is 4. The molecule has 0 radical (unpaired) electrons. The van der Waals surface area contributed by atoms with E-state index in [9.17, 15) is 19.2 Å². The van der Waals surface area contributed by atoms with E-state index in [0.717, 1.165) is 10.5 Å². The Balaban J connectivity index is 1.65. The largest absolute Gasteiger partial charge is 0.490 e. The fourth-order valence-electron chi connectivity index (χ4n) is 3.53. The number of imide groups is 2. The van der Waals surface area contributed by atoms with Crippen molar-refractivity contribution in [3.05, 3.63) is 95.1 Å². The Kier molecular flexibility index (Phi) is 6.73. The fraction of sp³-hybridized carbons (Fsp3) is 0.111. The van der Waals surface area contributed by atoms with E-state index in [1.807, 2.05) is 13.0 Å². The Morgan fingerprint density at radius 1 is 0.943 bits per heavy atom. The molecular weight excluding hydrogens is 448 g/mol. The first-order valence-corrected chi connectivity index (χ1v) is 10.9. The molecule has 3 aromatic carbocycles. The monoisotopic (exact) mass is 470 g/mol. The Bertz CT molecular complexity index is 1350. The van der Waals surface area contributed by atoms with Gasteiger partial charge in [0.15, 0.2) is 11.5 Å². The molecule has 1 heterocycles. The van der Waals surface area contributed by atoms with E-state index in [2.05, 4.69) is 5.32 Å². The highest BCUT2D eigenvalue weighted by atomic mass is 16.6. The smallest absolute Gasteiger partial charge is 0.343 e. The average Bonchev–Trinajstić information content (AvgIpc) is 2.84. The summed E-state index contributed by atoms with van der Waals surface area (Å²) in [6, 6.07) is 19.2. The van der Waals surface area contributed by atoms with Crippen LogP contribution in [0.1, 0.15) is 28.4 Å². The third kappa shape index (κ3) is 5.11. The SMILES string of the molecule is CCOc1cc(/C=C2\C(=O)NC(=O)N(c3cccc(C)c3)C2=O)ccc1OC(=O)c1ccccc1. The third-order valence-electron chi connectivity index (χ3n) is 5.15. The summed E-state index contributed by atoms with van der Waals surface area (Å²) in [5.74, 6) is -1.64. The maximum atomic E-state index is 13.1. The van der Waals surface area contributed by atoms with Crippen molar-refractivity contribution in [2.45, 2.75) is 13.8 Å². The first kappa shape index (κ1) is 23.4. The minimum absolute atomic E-state index is 0.193. The zero-order valence-corrected chi connectivity index (χ0v) is 19.1. The fourth-order valence-corrected chi connectivity index (χ4v) is 3.53. The van der Waals surface area contributed by atoms with E-state index >= 15 is 0 Å². The highest BCUT2D eigenvalue weighted by molar-refractivity contribution is 6.39. The summed E-state index contributed by atoms with van der Waals surface area (Å²) in [4.78, 5) is 51.4. The van der Waals surface area contributed by atoms with Gasteiger partial charge in [0.05, 0.1) is 17.9 Å². The zero-order valence-electron chi connectivity index (χ0n) is 19.1. The van der Waals surface area contributed by atoms with E-state index < -0.39 is 23.8 Å². The minimum Gasteiger partial charge on any atom is -0.490 e. The summed E-state index contributed by atoms with van der Waals surface area (Å²) in [5.41, 5.74) is 1.82. The molecule has 1 fully saturated rings. The number of hydrogen-bond donors (Lipinski definition) is 1. The van der Waals surface area contributed by atoms with E-state index in [-0.39, 0.29) is 17.1 Å². The van der Waals surface area contributed by atoms with Gasteiger partial charge in [0, 0.05) is 0 Å². The number of hydrogen-bond acceptors (Lipinski definition) is 6. The molecule has 8 heteroatoms. The number of amides is 4. The molecule has 4 rings (SSSR count).